The van der Waals surface area contributed by atoms with Crippen molar-refractivity contribution in [3.63, 3.8) is 0 Å². The molecule has 1 aromatic rings. The first kappa shape index (κ1) is 14.2. The number of oxime groups is 1. The van der Waals surface area contributed by atoms with E-state index >= 15 is 0 Å². The molecular weight excluding hydrogens is 276 g/mol. The summed E-state index contributed by atoms with van der Waals surface area (Å²) in [6, 6.07) is 7.75. The Kier molecular flexibility index (Phi) is 3.67. The summed E-state index contributed by atoms with van der Waals surface area (Å²) in [6.07, 6.45) is 0. The fraction of sp³-hybridized carbons (Fsp3) is 0.154. The lowest BCUT2D eigenvalue weighted by Gasteiger charge is -2.15. The number of hydrogen-bond donors (Lipinski definition) is 2. The molecule has 1 unspecified atom stereocenters. The van der Waals surface area contributed by atoms with Crippen LogP contribution < -0.4 is 5.32 Å². The van der Waals surface area contributed by atoms with Crippen LogP contribution in [0.15, 0.2) is 29.4 Å². The SMILES string of the molecule is CC(C#N)C(=O)NC(=NO)N1C(=O)c2ccccc2C1=O. The normalized spacial score (nSPS) is 15.4. The van der Waals surface area contributed by atoms with Crippen LogP contribution in [0, 0.1) is 17.2 Å². The second-order valence-electron chi connectivity index (χ2n) is 4.25. The van der Waals surface area contributed by atoms with E-state index in [-0.39, 0.29) is 11.1 Å². The molecule has 0 spiro atoms. The van der Waals surface area contributed by atoms with Gasteiger partial charge in [0, 0.05) is 0 Å². The number of nitrogens with one attached hydrogen (secondary N) is 1. The van der Waals surface area contributed by atoms with Gasteiger partial charge in [-0.05, 0) is 19.1 Å². The van der Waals surface area contributed by atoms with Crippen LogP contribution in [-0.4, -0.2) is 33.8 Å². The minimum absolute atomic E-state index is 0.145. The zero-order valence-corrected chi connectivity index (χ0v) is 10.9. The summed E-state index contributed by atoms with van der Waals surface area (Å²) in [6.45, 7) is 1.33. The van der Waals surface area contributed by atoms with Crippen LogP contribution in [-0.2, 0) is 4.79 Å². The molecule has 0 aliphatic carbocycles. The van der Waals surface area contributed by atoms with Crippen molar-refractivity contribution in [2.45, 2.75) is 6.92 Å². The Morgan fingerprint density at radius 3 is 2.29 bits per heavy atom. The monoisotopic (exact) mass is 286 g/mol. The molecule has 2 rings (SSSR count). The minimum atomic E-state index is -1.03. The van der Waals surface area contributed by atoms with Crippen LogP contribution >= 0.6 is 0 Å². The topological polar surface area (TPSA) is 123 Å². The third kappa shape index (κ3) is 2.32. The molecule has 1 aliphatic rings. The summed E-state index contributed by atoms with van der Waals surface area (Å²) in [5, 5.41) is 22.4. The number of benzene rings is 1. The van der Waals surface area contributed by atoms with E-state index in [1.165, 1.54) is 19.1 Å². The first-order chi connectivity index (χ1) is 10.0. The predicted molar refractivity (Wildman–Crippen MR) is 69.1 cm³/mol. The highest BCUT2D eigenvalue weighted by Crippen LogP contribution is 2.22. The van der Waals surface area contributed by atoms with E-state index in [9.17, 15) is 14.4 Å². The Labute approximate surface area is 119 Å². The molecule has 3 amide bonds. The van der Waals surface area contributed by atoms with E-state index in [1.54, 1.807) is 18.2 Å². The molecule has 0 fully saturated rings. The van der Waals surface area contributed by atoms with Crippen molar-refractivity contribution in [3.8, 4) is 6.07 Å². The van der Waals surface area contributed by atoms with E-state index in [4.69, 9.17) is 10.5 Å². The molecule has 1 heterocycles. The van der Waals surface area contributed by atoms with Gasteiger partial charge in [-0.3, -0.25) is 19.7 Å². The Morgan fingerprint density at radius 2 is 1.86 bits per heavy atom. The maximum atomic E-state index is 12.1. The maximum Gasteiger partial charge on any atom is 0.268 e. The van der Waals surface area contributed by atoms with Gasteiger partial charge in [-0.15, -0.1) is 0 Å². The van der Waals surface area contributed by atoms with E-state index in [0.717, 1.165) is 0 Å². The van der Waals surface area contributed by atoms with Crippen LogP contribution in [0.4, 0.5) is 0 Å². The average Bonchev–Trinajstić information content (AvgIpc) is 2.76. The van der Waals surface area contributed by atoms with Crippen molar-refractivity contribution < 1.29 is 19.6 Å². The van der Waals surface area contributed by atoms with Crippen LogP contribution in [0.5, 0.6) is 0 Å². The number of imide groups is 1. The molecule has 0 aromatic heterocycles. The van der Waals surface area contributed by atoms with Crippen LogP contribution in [0.3, 0.4) is 0 Å². The number of hydrogen-bond acceptors (Lipinski definition) is 6. The first-order valence-corrected chi connectivity index (χ1v) is 5.91. The lowest BCUT2D eigenvalue weighted by atomic mass is 10.1. The van der Waals surface area contributed by atoms with Crippen molar-refractivity contribution in [1.29, 1.82) is 5.26 Å². The van der Waals surface area contributed by atoms with Gasteiger partial charge in [0.05, 0.1) is 17.2 Å². The molecule has 8 nitrogen and oxygen atoms in total. The fourth-order valence-electron chi connectivity index (χ4n) is 1.78. The number of guanidine groups is 1. The first-order valence-electron chi connectivity index (χ1n) is 5.91. The highest BCUT2D eigenvalue weighted by Gasteiger charge is 2.39. The number of fused-ring (bicyclic) bond motifs is 1. The van der Waals surface area contributed by atoms with E-state index in [0.29, 0.717) is 4.90 Å². The van der Waals surface area contributed by atoms with Crippen LogP contribution in [0.1, 0.15) is 27.6 Å². The molecule has 2 N–H and O–H groups in total. The van der Waals surface area contributed by atoms with Gasteiger partial charge in [0.2, 0.25) is 5.91 Å². The summed E-state index contributed by atoms with van der Waals surface area (Å²) in [5.41, 5.74) is 0.289. The van der Waals surface area contributed by atoms with Crippen molar-refractivity contribution >= 4 is 23.7 Å². The molecule has 1 aliphatic heterocycles. The van der Waals surface area contributed by atoms with Crippen LogP contribution in [0.2, 0.25) is 0 Å². The zero-order chi connectivity index (χ0) is 15.6. The zero-order valence-electron chi connectivity index (χ0n) is 10.9. The van der Waals surface area contributed by atoms with Crippen molar-refractivity contribution in [2.75, 3.05) is 0 Å². The number of rotatable bonds is 1. The van der Waals surface area contributed by atoms with E-state index < -0.39 is 29.6 Å². The molecule has 0 saturated heterocycles. The molecule has 0 bridgehead atoms. The molecule has 21 heavy (non-hydrogen) atoms. The van der Waals surface area contributed by atoms with Gasteiger partial charge in [-0.25, -0.2) is 4.90 Å². The molecular formula is C13H10N4O4. The molecule has 1 aromatic carbocycles. The quantitative estimate of drug-likeness (QED) is 0.253. The predicted octanol–water partition coefficient (Wildman–Crippen LogP) is 0.304. The van der Waals surface area contributed by atoms with Gasteiger partial charge in [0.25, 0.3) is 17.8 Å². The lowest BCUT2D eigenvalue weighted by molar-refractivity contribution is -0.121. The van der Waals surface area contributed by atoms with Gasteiger partial charge >= 0.3 is 0 Å². The Morgan fingerprint density at radius 1 is 1.33 bits per heavy atom. The molecule has 0 saturated carbocycles. The number of nitrogens with zero attached hydrogens (tertiary/aromatic N) is 3. The summed E-state index contributed by atoms with van der Waals surface area (Å²) in [5.74, 6) is -3.88. The highest BCUT2D eigenvalue weighted by molar-refractivity contribution is 6.30. The molecule has 1 atom stereocenters. The standard InChI is InChI=1S/C13H10N4O4/c1-7(6-14)10(18)15-13(16-21)17-11(19)8-4-2-3-5-9(8)12(17)20/h2-5,7,21H,1H3,(H,15,16,18). The lowest BCUT2D eigenvalue weighted by Crippen LogP contribution is -2.48. The van der Waals surface area contributed by atoms with Gasteiger partial charge in [0.1, 0.15) is 5.92 Å². The van der Waals surface area contributed by atoms with Crippen molar-refractivity contribution in [2.24, 2.45) is 11.1 Å². The molecule has 106 valence electrons. The Hall–Kier alpha value is -3.21. The Bertz CT molecular complexity index is 669. The molecule has 8 heteroatoms. The largest absolute Gasteiger partial charge is 0.408 e. The van der Waals surface area contributed by atoms with Crippen LogP contribution in [0.25, 0.3) is 0 Å². The van der Waals surface area contributed by atoms with Gasteiger partial charge in [0.15, 0.2) is 0 Å². The molecule has 0 radical (unpaired) electrons. The summed E-state index contributed by atoms with van der Waals surface area (Å²) in [7, 11) is 0. The van der Waals surface area contributed by atoms with Gasteiger partial charge in [-0.1, -0.05) is 17.3 Å². The second-order valence-corrected chi connectivity index (χ2v) is 4.25. The average molecular weight is 286 g/mol. The van der Waals surface area contributed by atoms with E-state index in [2.05, 4.69) is 10.5 Å². The third-order valence-corrected chi connectivity index (χ3v) is 2.92. The fourth-order valence-corrected chi connectivity index (χ4v) is 1.78. The summed E-state index contributed by atoms with van der Waals surface area (Å²) in [4.78, 5) is 36.4. The number of carbonyl (C=O) groups is 3. The Balaban J connectivity index is 2.31. The number of nitriles is 1. The smallest absolute Gasteiger partial charge is 0.268 e. The highest BCUT2D eigenvalue weighted by atomic mass is 16.4. The number of carbonyl (C=O) groups excluding carboxylic acids is 3. The van der Waals surface area contributed by atoms with E-state index in [1.807, 2.05) is 0 Å². The summed E-state index contributed by atoms with van der Waals surface area (Å²) < 4.78 is 0. The second kappa shape index (κ2) is 5.42. The summed E-state index contributed by atoms with van der Waals surface area (Å²) >= 11 is 0. The van der Waals surface area contributed by atoms with Crippen molar-refractivity contribution in [1.82, 2.24) is 10.2 Å². The number of amides is 3. The van der Waals surface area contributed by atoms with Crippen molar-refractivity contribution in [3.05, 3.63) is 35.4 Å². The van der Waals surface area contributed by atoms with Gasteiger partial charge < -0.3 is 5.21 Å². The third-order valence-electron chi connectivity index (χ3n) is 2.92. The minimum Gasteiger partial charge on any atom is -0.408 e. The maximum absolute atomic E-state index is 12.1. The van der Waals surface area contributed by atoms with Gasteiger partial charge in [-0.2, -0.15) is 5.26 Å².